The molecule has 1 aromatic heterocycles. The van der Waals surface area contributed by atoms with Crippen LogP contribution >= 0.6 is 0 Å². The number of carbonyl (C=O) groups is 1. The highest BCUT2D eigenvalue weighted by Crippen LogP contribution is 2.31. The van der Waals surface area contributed by atoms with Gasteiger partial charge in [0.05, 0.1) is 6.20 Å². The Hall–Kier alpha value is -1.93. The summed E-state index contributed by atoms with van der Waals surface area (Å²) >= 11 is 0. The molecule has 0 spiro atoms. The van der Waals surface area contributed by atoms with Gasteiger partial charge < -0.3 is 9.84 Å². The normalized spacial score (nSPS) is 11.7. The van der Waals surface area contributed by atoms with E-state index < -0.39 is 41.3 Å². The molecule has 0 unspecified atom stereocenters. The number of hydrogen-bond donors (Lipinski definition) is 1. The van der Waals surface area contributed by atoms with Crippen molar-refractivity contribution in [3.05, 3.63) is 23.0 Å². The Morgan fingerprint density at radius 2 is 2.00 bits per heavy atom. The smallest absolute Gasteiger partial charge is 0.478 e. The molecule has 0 saturated carbocycles. The molecule has 1 N–H and O–H groups in total. The Kier molecular flexibility index (Phi) is 3.73. The van der Waals surface area contributed by atoms with Gasteiger partial charge in [0.2, 0.25) is 0 Å². The molecule has 0 amide bonds. The zero-order valence-corrected chi connectivity index (χ0v) is 8.76. The van der Waals surface area contributed by atoms with E-state index in [0.717, 1.165) is 6.92 Å². The van der Waals surface area contributed by atoms with Gasteiger partial charge in [-0.05, 0) is 12.5 Å². The van der Waals surface area contributed by atoms with Crippen molar-refractivity contribution in [1.82, 2.24) is 4.98 Å². The van der Waals surface area contributed by atoms with Crippen LogP contribution < -0.4 is 4.74 Å². The van der Waals surface area contributed by atoms with Crippen LogP contribution in [-0.2, 0) is 0 Å². The van der Waals surface area contributed by atoms with E-state index in [1.807, 2.05) is 0 Å². The topological polar surface area (TPSA) is 59.4 Å². The van der Waals surface area contributed by atoms with Crippen molar-refractivity contribution < 1.29 is 36.6 Å². The highest BCUT2D eigenvalue weighted by atomic mass is 19.4. The summed E-state index contributed by atoms with van der Waals surface area (Å²) in [4.78, 5) is 13.8. The summed E-state index contributed by atoms with van der Waals surface area (Å²) in [7, 11) is 0. The van der Waals surface area contributed by atoms with E-state index in [9.17, 15) is 26.7 Å². The van der Waals surface area contributed by atoms with Crippen LogP contribution in [0, 0.1) is 6.92 Å². The minimum absolute atomic E-state index is 0.311. The summed E-state index contributed by atoms with van der Waals surface area (Å²) in [6.07, 6.45) is -7.92. The largest absolute Gasteiger partial charge is 0.573 e. The van der Waals surface area contributed by atoms with Crippen molar-refractivity contribution >= 4 is 5.97 Å². The number of hydrogen-bond acceptors (Lipinski definition) is 3. The first-order valence-electron chi connectivity index (χ1n) is 4.40. The molecule has 0 aliphatic rings. The number of rotatable bonds is 3. The van der Waals surface area contributed by atoms with Gasteiger partial charge in [-0.2, -0.15) is 0 Å². The second-order valence-corrected chi connectivity index (χ2v) is 3.16. The van der Waals surface area contributed by atoms with Gasteiger partial charge in [0, 0.05) is 0 Å². The first kappa shape index (κ1) is 14.1. The van der Waals surface area contributed by atoms with Crippen LogP contribution in [0.3, 0.4) is 0 Å². The average Bonchev–Trinajstić information content (AvgIpc) is 2.13. The third-order valence-corrected chi connectivity index (χ3v) is 1.97. The molecule has 9 heteroatoms. The zero-order valence-electron chi connectivity index (χ0n) is 8.76. The summed E-state index contributed by atoms with van der Waals surface area (Å²) in [6, 6.07) is 0. The Morgan fingerprint density at radius 1 is 1.44 bits per heavy atom. The fourth-order valence-electron chi connectivity index (χ4n) is 1.29. The lowest BCUT2D eigenvalue weighted by Crippen LogP contribution is -2.20. The molecule has 0 saturated heterocycles. The summed E-state index contributed by atoms with van der Waals surface area (Å²) in [5.74, 6) is -2.94. The summed E-state index contributed by atoms with van der Waals surface area (Å²) in [5, 5.41) is 8.73. The molecule has 0 radical (unpaired) electrons. The predicted molar refractivity (Wildman–Crippen MR) is 47.6 cm³/mol. The molecule has 0 bridgehead atoms. The van der Waals surface area contributed by atoms with E-state index in [1.54, 1.807) is 0 Å². The maximum atomic E-state index is 12.4. The predicted octanol–water partition coefficient (Wildman–Crippen LogP) is 2.92. The molecule has 1 heterocycles. The molecular formula is C9H6F5NO3. The Morgan fingerprint density at radius 3 is 2.39 bits per heavy atom. The molecule has 1 aromatic rings. The Bertz CT molecular complexity index is 472. The van der Waals surface area contributed by atoms with Gasteiger partial charge in [-0.25, -0.2) is 13.6 Å². The van der Waals surface area contributed by atoms with Crippen LogP contribution in [0.5, 0.6) is 5.75 Å². The average molecular weight is 271 g/mol. The van der Waals surface area contributed by atoms with Crippen LogP contribution in [0.2, 0.25) is 0 Å². The lowest BCUT2D eigenvalue weighted by molar-refractivity contribution is -0.274. The monoisotopic (exact) mass is 271 g/mol. The highest BCUT2D eigenvalue weighted by Gasteiger charge is 2.34. The molecule has 0 aliphatic carbocycles. The molecule has 1 rings (SSSR count). The maximum absolute atomic E-state index is 12.4. The van der Waals surface area contributed by atoms with Gasteiger partial charge in [0.25, 0.3) is 6.43 Å². The molecule has 4 nitrogen and oxygen atoms in total. The van der Waals surface area contributed by atoms with Crippen LogP contribution in [0.25, 0.3) is 0 Å². The number of aromatic carboxylic acids is 1. The number of carboxylic acid groups (broad SMARTS) is 1. The van der Waals surface area contributed by atoms with Crippen molar-refractivity contribution in [2.75, 3.05) is 0 Å². The third-order valence-electron chi connectivity index (χ3n) is 1.97. The molecule has 0 atom stereocenters. The Labute approximate surface area is 97.0 Å². The van der Waals surface area contributed by atoms with Crippen LogP contribution in [0.1, 0.15) is 28.0 Å². The highest BCUT2D eigenvalue weighted by molar-refractivity contribution is 5.92. The fourth-order valence-corrected chi connectivity index (χ4v) is 1.29. The third kappa shape index (κ3) is 3.05. The number of pyridine rings is 1. The SMILES string of the molecule is Cc1c(C(F)F)ncc(OC(F)(F)F)c1C(=O)O. The van der Waals surface area contributed by atoms with E-state index in [1.165, 1.54) is 0 Å². The van der Waals surface area contributed by atoms with Gasteiger partial charge in [0.15, 0.2) is 5.75 Å². The summed E-state index contributed by atoms with van der Waals surface area (Å²) in [5.41, 5.74) is -2.46. The fraction of sp³-hybridized carbons (Fsp3) is 0.333. The lowest BCUT2D eigenvalue weighted by Gasteiger charge is -2.14. The second kappa shape index (κ2) is 4.75. The number of carboxylic acids is 1. The van der Waals surface area contributed by atoms with Crippen LogP contribution in [0.15, 0.2) is 6.20 Å². The van der Waals surface area contributed by atoms with Gasteiger partial charge in [-0.15, -0.1) is 13.2 Å². The van der Waals surface area contributed by atoms with E-state index >= 15 is 0 Å². The van der Waals surface area contributed by atoms with Gasteiger partial charge in [0.1, 0.15) is 11.3 Å². The van der Waals surface area contributed by atoms with E-state index in [2.05, 4.69) is 9.72 Å². The number of halogens is 5. The molecular weight excluding hydrogens is 265 g/mol. The quantitative estimate of drug-likeness (QED) is 0.859. The summed E-state index contributed by atoms with van der Waals surface area (Å²) in [6.45, 7) is 0.932. The Balaban J connectivity index is 3.37. The van der Waals surface area contributed by atoms with Gasteiger partial charge in [-0.1, -0.05) is 0 Å². The molecule has 100 valence electrons. The second-order valence-electron chi connectivity index (χ2n) is 3.16. The van der Waals surface area contributed by atoms with Crippen molar-refractivity contribution in [3.63, 3.8) is 0 Å². The molecule has 0 aromatic carbocycles. The van der Waals surface area contributed by atoms with Crippen molar-refractivity contribution in [1.29, 1.82) is 0 Å². The molecule has 0 fully saturated rings. The van der Waals surface area contributed by atoms with Gasteiger partial charge >= 0.3 is 12.3 Å². The van der Waals surface area contributed by atoms with Crippen LogP contribution in [0.4, 0.5) is 22.0 Å². The molecule has 18 heavy (non-hydrogen) atoms. The number of nitrogens with zero attached hydrogens (tertiary/aromatic N) is 1. The molecule has 0 aliphatic heterocycles. The minimum atomic E-state index is -5.13. The number of aromatic nitrogens is 1. The maximum Gasteiger partial charge on any atom is 0.573 e. The van der Waals surface area contributed by atoms with Crippen molar-refractivity contribution in [2.45, 2.75) is 19.7 Å². The van der Waals surface area contributed by atoms with Gasteiger partial charge in [-0.3, -0.25) is 4.98 Å². The van der Waals surface area contributed by atoms with E-state index in [4.69, 9.17) is 5.11 Å². The van der Waals surface area contributed by atoms with Crippen molar-refractivity contribution in [2.24, 2.45) is 0 Å². The van der Waals surface area contributed by atoms with E-state index in [-0.39, 0.29) is 0 Å². The minimum Gasteiger partial charge on any atom is -0.478 e. The van der Waals surface area contributed by atoms with Crippen molar-refractivity contribution in [3.8, 4) is 5.75 Å². The summed E-state index contributed by atoms with van der Waals surface area (Å²) < 4.78 is 64.2. The standard InChI is InChI=1S/C9H6F5NO3/c1-3-5(8(16)17)4(18-9(12,13)14)2-15-6(3)7(10)11/h2,7H,1H3,(H,16,17). The number of ether oxygens (including phenoxy) is 1. The lowest BCUT2D eigenvalue weighted by atomic mass is 10.1. The van der Waals surface area contributed by atoms with E-state index in [0.29, 0.717) is 6.20 Å². The first-order valence-corrected chi connectivity index (χ1v) is 4.40. The first-order chi connectivity index (χ1) is 8.13. The van der Waals surface area contributed by atoms with Crippen LogP contribution in [-0.4, -0.2) is 22.4 Å². The zero-order chi connectivity index (χ0) is 14.1. The number of alkyl halides is 5.